The largest absolute Gasteiger partial charge is 0.355 e. The highest BCUT2D eigenvalue weighted by atomic mass is 35.5. The van der Waals surface area contributed by atoms with E-state index in [-0.39, 0.29) is 5.91 Å². The lowest BCUT2D eigenvalue weighted by atomic mass is 10.1. The van der Waals surface area contributed by atoms with Crippen molar-refractivity contribution < 1.29 is 4.79 Å². The zero-order valence-electron chi connectivity index (χ0n) is 12.0. The summed E-state index contributed by atoms with van der Waals surface area (Å²) in [7, 11) is 0. The van der Waals surface area contributed by atoms with Crippen LogP contribution >= 0.6 is 11.6 Å². The lowest BCUT2D eigenvalue weighted by molar-refractivity contribution is -0.120. The van der Waals surface area contributed by atoms with E-state index in [1.165, 1.54) is 0 Å². The van der Waals surface area contributed by atoms with Crippen LogP contribution in [0.2, 0.25) is 5.02 Å². The summed E-state index contributed by atoms with van der Waals surface area (Å²) in [6.45, 7) is 0.570. The third kappa shape index (κ3) is 3.46. The molecule has 0 unspecified atom stereocenters. The molecular weight excluding hydrogens is 298 g/mol. The number of hydrogen-bond donors (Lipinski definition) is 1. The molecule has 22 heavy (non-hydrogen) atoms. The van der Waals surface area contributed by atoms with E-state index in [0.29, 0.717) is 24.4 Å². The van der Waals surface area contributed by atoms with Crippen LogP contribution < -0.4 is 5.32 Å². The fourth-order valence-electron chi connectivity index (χ4n) is 2.35. The lowest BCUT2D eigenvalue weighted by Gasteiger charge is -2.05. The van der Waals surface area contributed by atoms with Gasteiger partial charge in [0.2, 0.25) is 5.91 Å². The van der Waals surface area contributed by atoms with E-state index in [0.717, 1.165) is 16.9 Å². The SMILES string of the molecule is O=C(Cc1ccc(Cl)cc1)NCCc1ncc2ccccn12. The second kappa shape index (κ2) is 6.62. The van der Waals surface area contributed by atoms with Gasteiger partial charge in [-0.3, -0.25) is 4.79 Å². The predicted molar refractivity (Wildman–Crippen MR) is 87.1 cm³/mol. The number of halogens is 1. The van der Waals surface area contributed by atoms with Crippen molar-refractivity contribution in [1.82, 2.24) is 14.7 Å². The third-order valence-corrected chi connectivity index (χ3v) is 3.72. The van der Waals surface area contributed by atoms with Crippen LogP contribution in [0.1, 0.15) is 11.4 Å². The molecule has 0 radical (unpaired) electrons. The highest BCUT2D eigenvalue weighted by Crippen LogP contribution is 2.10. The lowest BCUT2D eigenvalue weighted by Crippen LogP contribution is -2.27. The van der Waals surface area contributed by atoms with Crippen molar-refractivity contribution in [2.24, 2.45) is 0 Å². The summed E-state index contributed by atoms with van der Waals surface area (Å²) in [5.74, 6) is 0.950. The van der Waals surface area contributed by atoms with E-state index >= 15 is 0 Å². The summed E-state index contributed by atoms with van der Waals surface area (Å²) in [6.07, 6.45) is 4.88. The minimum atomic E-state index is 0.00295. The van der Waals surface area contributed by atoms with Crippen LogP contribution in [0.25, 0.3) is 5.52 Å². The van der Waals surface area contributed by atoms with Gasteiger partial charge in [-0.2, -0.15) is 0 Å². The zero-order chi connectivity index (χ0) is 15.4. The highest BCUT2D eigenvalue weighted by molar-refractivity contribution is 6.30. The van der Waals surface area contributed by atoms with E-state index < -0.39 is 0 Å². The first-order chi connectivity index (χ1) is 10.7. The Bertz CT molecular complexity index is 780. The van der Waals surface area contributed by atoms with E-state index in [1.807, 2.05) is 47.1 Å². The number of pyridine rings is 1. The van der Waals surface area contributed by atoms with Crippen LogP contribution in [0.15, 0.2) is 54.9 Å². The molecule has 0 bridgehead atoms. The molecule has 5 heteroatoms. The van der Waals surface area contributed by atoms with Crippen LogP contribution in [0.4, 0.5) is 0 Å². The number of benzene rings is 1. The van der Waals surface area contributed by atoms with Gasteiger partial charge in [0.05, 0.1) is 18.1 Å². The van der Waals surface area contributed by atoms with Crippen molar-refractivity contribution in [2.45, 2.75) is 12.8 Å². The monoisotopic (exact) mass is 313 g/mol. The van der Waals surface area contributed by atoms with E-state index in [9.17, 15) is 4.79 Å². The van der Waals surface area contributed by atoms with Crippen LogP contribution in [0.3, 0.4) is 0 Å². The minimum Gasteiger partial charge on any atom is -0.355 e. The fourth-order valence-corrected chi connectivity index (χ4v) is 2.47. The fraction of sp³-hybridized carbons (Fsp3) is 0.176. The summed E-state index contributed by atoms with van der Waals surface area (Å²) in [4.78, 5) is 16.3. The molecule has 1 N–H and O–H groups in total. The molecule has 0 aliphatic carbocycles. The first kappa shape index (κ1) is 14.6. The number of carbonyl (C=O) groups is 1. The second-order valence-electron chi connectivity index (χ2n) is 5.07. The number of imidazole rings is 1. The first-order valence-electron chi connectivity index (χ1n) is 7.14. The normalized spacial score (nSPS) is 10.8. The van der Waals surface area contributed by atoms with Crippen LogP contribution in [-0.2, 0) is 17.6 Å². The van der Waals surface area contributed by atoms with Gasteiger partial charge in [0, 0.05) is 24.2 Å². The molecule has 3 rings (SSSR count). The number of hydrogen-bond acceptors (Lipinski definition) is 2. The van der Waals surface area contributed by atoms with Gasteiger partial charge in [0.15, 0.2) is 0 Å². The molecule has 0 fully saturated rings. The molecule has 112 valence electrons. The maximum Gasteiger partial charge on any atom is 0.224 e. The van der Waals surface area contributed by atoms with Gasteiger partial charge < -0.3 is 9.72 Å². The quantitative estimate of drug-likeness (QED) is 0.787. The maximum atomic E-state index is 11.9. The number of nitrogens with one attached hydrogen (secondary N) is 1. The molecule has 2 heterocycles. The Morgan fingerprint density at radius 3 is 2.82 bits per heavy atom. The van der Waals surface area contributed by atoms with Gasteiger partial charge in [-0.25, -0.2) is 4.98 Å². The summed E-state index contributed by atoms with van der Waals surface area (Å²) >= 11 is 5.83. The van der Waals surface area contributed by atoms with Gasteiger partial charge in [-0.15, -0.1) is 0 Å². The third-order valence-electron chi connectivity index (χ3n) is 3.46. The standard InChI is InChI=1S/C17H16ClN3O/c18-14-6-4-13(5-7-14)11-17(22)19-9-8-16-20-12-15-3-1-2-10-21(15)16/h1-7,10,12H,8-9,11H2,(H,19,22). The van der Waals surface area contributed by atoms with Gasteiger partial charge in [0.1, 0.15) is 5.82 Å². The minimum absolute atomic E-state index is 0.00295. The first-order valence-corrected chi connectivity index (χ1v) is 7.52. The van der Waals surface area contributed by atoms with Crippen molar-refractivity contribution in [1.29, 1.82) is 0 Å². The Balaban J connectivity index is 1.52. The van der Waals surface area contributed by atoms with Crippen molar-refractivity contribution in [3.05, 3.63) is 71.3 Å². The average molecular weight is 314 g/mol. The molecule has 1 aromatic carbocycles. The van der Waals surface area contributed by atoms with Crippen molar-refractivity contribution in [3.63, 3.8) is 0 Å². The molecule has 0 spiro atoms. The predicted octanol–water partition coefficient (Wildman–Crippen LogP) is 2.89. The molecule has 0 saturated heterocycles. The van der Waals surface area contributed by atoms with Crippen molar-refractivity contribution in [2.75, 3.05) is 6.54 Å². The Labute approximate surface area is 133 Å². The number of carbonyl (C=O) groups excluding carboxylic acids is 1. The Morgan fingerprint density at radius 1 is 1.18 bits per heavy atom. The van der Waals surface area contributed by atoms with Crippen LogP contribution in [0.5, 0.6) is 0 Å². The molecular formula is C17H16ClN3O. The maximum absolute atomic E-state index is 11.9. The van der Waals surface area contributed by atoms with E-state index in [4.69, 9.17) is 11.6 Å². The number of amides is 1. The van der Waals surface area contributed by atoms with Crippen LogP contribution in [0, 0.1) is 0 Å². The molecule has 1 amide bonds. The Hall–Kier alpha value is -2.33. The number of aromatic nitrogens is 2. The average Bonchev–Trinajstić information content (AvgIpc) is 2.93. The number of rotatable bonds is 5. The van der Waals surface area contributed by atoms with Gasteiger partial charge in [-0.1, -0.05) is 29.8 Å². The summed E-state index contributed by atoms with van der Waals surface area (Å²) in [5, 5.41) is 3.60. The Kier molecular flexibility index (Phi) is 4.39. The number of fused-ring (bicyclic) bond motifs is 1. The number of nitrogens with zero attached hydrogens (tertiary/aromatic N) is 2. The smallest absolute Gasteiger partial charge is 0.224 e. The van der Waals surface area contributed by atoms with Crippen LogP contribution in [-0.4, -0.2) is 21.8 Å². The van der Waals surface area contributed by atoms with Crippen molar-refractivity contribution >= 4 is 23.0 Å². The van der Waals surface area contributed by atoms with E-state index in [2.05, 4.69) is 10.3 Å². The molecule has 2 aromatic heterocycles. The van der Waals surface area contributed by atoms with Crippen molar-refractivity contribution in [3.8, 4) is 0 Å². The molecule has 0 saturated carbocycles. The van der Waals surface area contributed by atoms with E-state index in [1.54, 1.807) is 12.1 Å². The summed E-state index contributed by atoms with van der Waals surface area (Å²) < 4.78 is 2.03. The molecule has 0 aliphatic heterocycles. The molecule has 3 aromatic rings. The Morgan fingerprint density at radius 2 is 2.00 bits per heavy atom. The highest BCUT2D eigenvalue weighted by Gasteiger charge is 2.05. The summed E-state index contributed by atoms with van der Waals surface area (Å²) in [6, 6.07) is 13.3. The van der Waals surface area contributed by atoms with Gasteiger partial charge in [-0.05, 0) is 29.8 Å². The van der Waals surface area contributed by atoms with Gasteiger partial charge >= 0.3 is 0 Å². The molecule has 4 nitrogen and oxygen atoms in total. The summed E-state index contributed by atoms with van der Waals surface area (Å²) in [5.41, 5.74) is 2.01. The topological polar surface area (TPSA) is 46.4 Å². The second-order valence-corrected chi connectivity index (χ2v) is 5.51. The molecule has 0 aliphatic rings. The zero-order valence-corrected chi connectivity index (χ0v) is 12.8. The molecule has 0 atom stereocenters. The van der Waals surface area contributed by atoms with Gasteiger partial charge in [0.25, 0.3) is 0 Å².